The molecule has 1 unspecified atom stereocenters. The molecular formula is C21H21ClN2O4S2. The first-order valence-electron chi connectivity index (χ1n) is 9.53. The molecule has 2 heterocycles. The molecule has 0 N–H and O–H groups in total. The van der Waals surface area contributed by atoms with Gasteiger partial charge in [-0.25, -0.2) is 4.98 Å². The molecule has 0 spiro atoms. The fourth-order valence-electron chi connectivity index (χ4n) is 3.70. The monoisotopic (exact) mass is 464 g/mol. The van der Waals surface area contributed by atoms with Crippen molar-refractivity contribution in [2.24, 2.45) is 5.92 Å². The van der Waals surface area contributed by atoms with Gasteiger partial charge in [0.15, 0.2) is 5.16 Å². The molecule has 1 aliphatic rings. The molecule has 0 radical (unpaired) electrons. The molecule has 4 rings (SSSR count). The molecule has 9 heteroatoms. The highest BCUT2D eigenvalue weighted by Gasteiger charge is 2.26. The Morgan fingerprint density at radius 2 is 2.20 bits per heavy atom. The highest BCUT2D eigenvalue weighted by atomic mass is 35.5. The van der Waals surface area contributed by atoms with Crippen molar-refractivity contribution in [1.29, 1.82) is 0 Å². The van der Waals surface area contributed by atoms with E-state index >= 15 is 0 Å². The van der Waals surface area contributed by atoms with Gasteiger partial charge >= 0.3 is 5.97 Å². The summed E-state index contributed by atoms with van der Waals surface area (Å²) >= 11 is 8.97. The summed E-state index contributed by atoms with van der Waals surface area (Å²) in [5.74, 6) is 0.743. The van der Waals surface area contributed by atoms with Crippen LogP contribution < -0.4 is 10.3 Å². The van der Waals surface area contributed by atoms with Crippen LogP contribution in [-0.2, 0) is 22.4 Å². The summed E-state index contributed by atoms with van der Waals surface area (Å²) in [6, 6.07) is 5.10. The molecule has 0 saturated heterocycles. The first-order chi connectivity index (χ1) is 14.4. The summed E-state index contributed by atoms with van der Waals surface area (Å²) in [6.07, 6.45) is 2.88. The van der Waals surface area contributed by atoms with Crippen LogP contribution in [0.15, 0.2) is 28.2 Å². The van der Waals surface area contributed by atoms with Crippen molar-refractivity contribution >= 4 is 50.9 Å². The van der Waals surface area contributed by atoms with Crippen molar-refractivity contribution in [2.45, 2.75) is 31.3 Å². The van der Waals surface area contributed by atoms with Gasteiger partial charge in [0.2, 0.25) is 0 Å². The standard InChI is InChI=1S/C21H21ClN2O4S2/c1-11-4-6-13-16(8-11)30-19-18(13)20(26)24(21(23-19)29-10-17(25)28-3)14-9-12(22)5-7-15(14)27-2/h5,7,9,11H,4,6,8,10H2,1-3H3. The lowest BCUT2D eigenvalue weighted by Crippen LogP contribution is -2.23. The number of aromatic nitrogens is 2. The Labute approximate surface area is 187 Å². The maximum absolute atomic E-state index is 13.8. The molecule has 0 bridgehead atoms. The van der Waals surface area contributed by atoms with Crippen molar-refractivity contribution in [2.75, 3.05) is 20.0 Å². The molecule has 30 heavy (non-hydrogen) atoms. The number of thioether (sulfide) groups is 1. The van der Waals surface area contributed by atoms with E-state index < -0.39 is 5.97 Å². The quantitative estimate of drug-likeness (QED) is 0.314. The Balaban J connectivity index is 1.98. The first-order valence-corrected chi connectivity index (χ1v) is 11.7. The predicted molar refractivity (Wildman–Crippen MR) is 121 cm³/mol. The largest absolute Gasteiger partial charge is 0.495 e. The highest BCUT2D eigenvalue weighted by Crippen LogP contribution is 2.38. The van der Waals surface area contributed by atoms with E-state index in [0.29, 0.717) is 37.8 Å². The second-order valence-corrected chi connectivity index (χ2v) is 9.71. The molecule has 0 aliphatic heterocycles. The molecule has 0 amide bonds. The zero-order valence-electron chi connectivity index (χ0n) is 16.9. The normalized spacial score (nSPS) is 15.8. The molecule has 158 valence electrons. The first kappa shape index (κ1) is 21.2. The third kappa shape index (κ3) is 3.84. The van der Waals surface area contributed by atoms with Gasteiger partial charge in [-0.05, 0) is 48.9 Å². The molecule has 0 fully saturated rings. The van der Waals surface area contributed by atoms with E-state index in [4.69, 9.17) is 26.1 Å². The Hall–Kier alpha value is -2.03. The van der Waals surface area contributed by atoms with E-state index in [1.54, 1.807) is 36.6 Å². The minimum absolute atomic E-state index is 0.0411. The molecule has 6 nitrogen and oxygen atoms in total. The number of hydrogen-bond acceptors (Lipinski definition) is 7. The Bertz CT molecular complexity index is 1190. The number of methoxy groups -OCH3 is 2. The topological polar surface area (TPSA) is 70.4 Å². The number of benzene rings is 1. The number of nitrogens with zero attached hydrogens (tertiary/aromatic N) is 2. The number of fused-ring (bicyclic) bond motifs is 3. The number of ether oxygens (including phenoxy) is 2. The van der Waals surface area contributed by atoms with Gasteiger partial charge in [0.1, 0.15) is 10.6 Å². The molecular weight excluding hydrogens is 444 g/mol. The number of hydrogen-bond donors (Lipinski definition) is 0. The van der Waals surface area contributed by atoms with Crippen LogP contribution in [0.2, 0.25) is 5.02 Å². The number of thiophene rings is 1. The number of esters is 1. The van der Waals surface area contributed by atoms with Gasteiger partial charge in [-0.15, -0.1) is 11.3 Å². The summed E-state index contributed by atoms with van der Waals surface area (Å²) in [5.41, 5.74) is 1.44. The van der Waals surface area contributed by atoms with Gasteiger partial charge in [0, 0.05) is 9.90 Å². The lowest BCUT2D eigenvalue weighted by molar-refractivity contribution is -0.137. The second kappa shape index (κ2) is 8.61. The molecule has 1 aliphatic carbocycles. The number of carbonyl (C=O) groups is 1. The van der Waals surface area contributed by atoms with Crippen molar-refractivity contribution in [3.8, 4) is 11.4 Å². The van der Waals surface area contributed by atoms with Gasteiger partial charge in [-0.3, -0.25) is 14.2 Å². The van der Waals surface area contributed by atoms with Crippen LogP contribution in [0, 0.1) is 5.92 Å². The van der Waals surface area contributed by atoms with Crippen LogP contribution in [0.25, 0.3) is 15.9 Å². The van der Waals surface area contributed by atoms with E-state index in [2.05, 4.69) is 6.92 Å². The average Bonchev–Trinajstić information content (AvgIpc) is 3.09. The zero-order valence-corrected chi connectivity index (χ0v) is 19.2. The minimum atomic E-state index is -0.391. The Morgan fingerprint density at radius 1 is 1.40 bits per heavy atom. The summed E-state index contributed by atoms with van der Waals surface area (Å²) in [6.45, 7) is 2.23. The van der Waals surface area contributed by atoms with Crippen LogP contribution in [0.3, 0.4) is 0 Å². The average molecular weight is 465 g/mol. The van der Waals surface area contributed by atoms with Crippen molar-refractivity contribution in [3.63, 3.8) is 0 Å². The summed E-state index contributed by atoms with van der Waals surface area (Å²) < 4.78 is 11.8. The molecule has 1 aromatic carbocycles. The number of carbonyl (C=O) groups excluding carboxylic acids is 1. The van der Waals surface area contributed by atoms with Crippen LogP contribution in [0.5, 0.6) is 5.75 Å². The van der Waals surface area contributed by atoms with Gasteiger partial charge < -0.3 is 9.47 Å². The summed E-state index contributed by atoms with van der Waals surface area (Å²) in [4.78, 5) is 32.2. The van der Waals surface area contributed by atoms with Crippen molar-refractivity contribution in [1.82, 2.24) is 9.55 Å². The molecule has 0 saturated carbocycles. The maximum atomic E-state index is 13.8. The third-order valence-corrected chi connectivity index (χ3v) is 7.52. The van der Waals surface area contributed by atoms with E-state index in [0.717, 1.165) is 36.6 Å². The third-order valence-electron chi connectivity index (χ3n) is 5.23. The second-order valence-electron chi connectivity index (χ2n) is 7.25. The number of aryl methyl sites for hydroxylation is 1. The molecule has 1 atom stereocenters. The fraction of sp³-hybridized carbons (Fsp3) is 0.381. The van der Waals surface area contributed by atoms with Gasteiger partial charge in [0.05, 0.1) is 31.0 Å². The zero-order chi connectivity index (χ0) is 21.4. The Kier molecular flexibility index (Phi) is 6.09. The number of rotatable bonds is 5. The van der Waals surface area contributed by atoms with Gasteiger partial charge in [-0.1, -0.05) is 30.3 Å². The van der Waals surface area contributed by atoms with Crippen molar-refractivity contribution < 1.29 is 14.3 Å². The lowest BCUT2D eigenvalue weighted by Gasteiger charge is -2.18. The van der Waals surface area contributed by atoms with Gasteiger partial charge in [-0.2, -0.15) is 0 Å². The van der Waals surface area contributed by atoms with E-state index in [-0.39, 0.29) is 11.3 Å². The smallest absolute Gasteiger partial charge is 0.316 e. The lowest BCUT2D eigenvalue weighted by atomic mass is 9.89. The van der Waals surface area contributed by atoms with Crippen molar-refractivity contribution in [3.05, 3.63) is 44.0 Å². The van der Waals surface area contributed by atoms with E-state index in [9.17, 15) is 9.59 Å². The van der Waals surface area contributed by atoms with Gasteiger partial charge in [0.25, 0.3) is 5.56 Å². The summed E-state index contributed by atoms with van der Waals surface area (Å²) in [5, 5.41) is 1.54. The SMILES string of the molecule is COC(=O)CSc1nc2sc3c(c2c(=O)n1-c1cc(Cl)ccc1OC)CCC(C)C3. The van der Waals surface area contributed by atoms with E-state index in [1.165, 1.54) is 16.6 Å². The maximum Gasteiger partial charge on any atom is 0.316 e. The fourth-order valence-corrected chi connectivity index (χ4v) is 6.13. The molecule has 3 aromatic rings. The molecule has 2 aromatic heterocycles. The summed E-state index contributed by atoms with van der Waals surface area (Å²) in [7, 11) is 2.87. The Morgan fingerprint density at radius 3 is 2.93 bits per heavy atom. The van der Waals surface area contributed by atoms with Crippen LogP contribution >= 0.6 is 34.7 Å². The predicted octanol–water partition coefficient (Wildman–Crippen LogP) is 4.50. The minimum Gasteiger partial charge on any atom is -0.495 e. The highest BCUT2D eigenvalue weighted by molar-refractivity contribution is 7.99. The van der Waals surface area contributed by atoms with Crippen LogP contribution in [0.4, 0.5) is 0 Å². The van der Waals surface area contributed by atoms with E-state index in [1.807, 2.05) is 0 Å². The van der Waals surface area contributed by atoms with Crippen LogP contribution in [0.1, 0.15) is 23.8 Å². The number of halogens is 1. The van der Waals surface area contributed by atoms with Crippen LogP contribution in [-0.4, -0.2) is 35.5 Å².